The van der Waals surface area contributed by atoms with Crippen LogP contribution in [0.15, 0.2) is 35.4 Å². The molecule has 0 bridgehead atoms. The topological polar surface area (TPSA) is 76.3 Å². The average Bonchev–Trinajstić information content (AvgIpc) is 2.46. The van der Waals surface area contributed by atoms with Gasteiger partial charge in [-0.3, -0.25) is 4.98 Å². The van der Waals surface area contributed by atoms with E-state index >= 15 is 0 Å². The van der Waals surface area contributed by atoms with Crippen LogP contribution in [0.4, 0.5) is 0 Å². The lowest BCUT2D eigenvalue weighted by molar-refractivity contribution is 0.320. The van der Waals surface area contributed by atoms with Gasteiger partial charge < -0.3 is 5.73 Å². The molecule has 3 rings (SSSR count). The summed E-state index contributed by atoms with van der Waals surface area (Å²) in [4.78, 5) is 4.61. The van der Waals surface area contributed by atoms with E-state index in [1.54, 1.807) is 18.3 Å². The minimum atomic E-state index is -3.51. The molecular formula is C15H20ClN3O2S. The lowest BCUT2D eigenvalue weighted by atomic mass is 10.1. The van der Waals surface area contributed by atoms with Crippen LogP contribution < -0.4 is 5.73 Å². The van der Waals surface area contributed by atoms with Gasteiger partial charge >= 0.3 is 0 Å². The predicted octanol–water partition coefficient (Wildman–Crippen LogP) is 2.08. The van der Waals surface area contributed by atoms with E-state index in [4.69, 9.17) is 5.73 Å². The molecule has 2 aromatic rings. The van der Waals surface area contributed by atoms with Crippen molar-refractivity contribution >= 4 is 33.3 Å². The first kappa shape index (κ1) is 17.1. The van der Waals surface area contributed by atoms with Crippen molar-refractivity contribution in [3.05, 3.63) is 36.0 Å². The quantitative estimate of drug-likeness (QED) is 0.907. The number of hydrogen-bond acceptors (Lipinski definition) is 4. The number of aromatic nitrogens is 1. The number of rotatable bonds is 2. The molecule has 2 N–H and O–H groups in total. The molecule has 22 heavy (non-hydrogen) atoms. The number of pyridine rings is 1. The number of benzene rings is 1. The normalized spacial score (nSPS) is 17.4. The van der Waals surface area contributed by atoms with Crippen molar-refractivity contribution in [3.8, 4) is 0 Å². The van der Waals surface area contributed by atoms with E-state index in [-0.39, 0.29) is 23.3 Å². The molecule has 120 valence electrons. The van der Waals surface area contributed by atoms with Crippen LogP contribution in [0.1, 0.15) is 18.4 Å². The van der Waals surface area contributed by atoms with Crippen LogP contribution >= 0.6 is 12.4 Å². The summed E-state index contributed by atoms with van der Waals surface area (Å²) in [5, 5.41) is 0.852. The summed E-state index contributed by atoms with van der Waals surface area (Å²) >= 11 is 0. The number of halogens is 1. The van der Waals surface area contributed by atoms with Crippen molar-refractivity contribution in [2.24, 2.45) is 5.73 Å². The van der Waals surface area contributed by atoms with Crippen LogP contribution in [0.5, 0.6) is 0 Å². The minimum absolute atomic E-state index is 0. The largest absolute Gasteiger partial charge is 0.328 e. The molecule has 0 unspecified atom stereocenters. The number of nitrogens with two attached hydrogens (primary N) is 1. The number of nitrogens with zero attached hydrogens (tertiary/aromatic N) is 2. The maximum absolute atomic E-state index is 12.8. The zero-order chi connectivity index (χ0) is 15.0. The molecule has 1 aliphatic heterocycles. The van der Waals surface area contributed by atoms with Crippen molar-refractivity contribution in [3.63, 3.8) is 0 Å². The Bertz CT molecular complexity index is 771. The van der Waals surface area contributed by atoms with Gasteiger partial charge in [-0.05, 0) is 37.5 Å². The van der Waals surface area contributed by atoms with E-state index in [2.05, 4.69) is 4.98 Å². The van der Waals surface area contributed by atoms with E-state index in [0.717, 1.165) is 10.9 Å². The molecule has 7 heteroatoms. The zero-order valence-corrected chi connectivity index (χ0v) is 14.0. The van der Waals surface area contributed by atoms with Gasteiger partial charge in [-0.25, -0.2) is 8.42 Å². The van der Waals surface area contributed by atoms with Gasteiger partial charge in [0, 0.05) is 30.7 Å². The second-order valence-corrected chi connectivity index (χ2v) is 7.49. The number of sulfonamides is 1. The van der Waals surface area contributed by atoms with E-state index in [0.29, 0.717) is 31.4 Å². The Balaban J connectivity index is 0.00000176. The third kappa shape index (κ3) is 3.10. The third-order valence-corrected chi connectivity index (χ3v) is 5.86. The van der Waals surface area contributed by atoms with Gasteiger partial charge in [-0.1, -0.05) is 12.1 Å². The van der Waals surface area contributed by atoms with Crippen molar-refractivity contribution < 1.29 is 8.42 Å². The highest BCUT2D eigenvalue weighted by Crippen LogP contribution is 2.26. The smallest absolute Gasteiger partial charge is 0.245 e. The van der Waals surface area contributed by atoms with Gasteiger partial charge in [-0.2, -0.15) is 4.31 Å². The molecule has 1 fully saturated rings. The molecule has 1 aliphatic rings. The first-order chi connectivity index (χ1) is 9.98. The highest BCUT2D eigenvalue weighted by molar-refractivity contribution is 7.89. The number of fused-ring (bicyclic) bond motifs is 1. The minimum Gasteiger partial charge on any atom is -0.328 e. The second kappa shape index (κ2) is 6.50. The molecule has 5 nitrogen and oxygen atoms in total. The molecule has 1 saturated heterocycles. The maximum Gasteiger partial charge on any atom is 0.245 e. The fraction of sp³-hybridized carbons (Fsp3) is 0.400. The maximum atomic E-state index is 12.8. The van der Waals surface area contributed by atoms with Crippen LogP contribution in [-0.2, 0) is 10.0 Å². The van der Waals surface area contributed by atoms with Gasteiger partial charge in [0.1, 0.15) is 4.90 Å². The molecular weight excluding hydrogens is 322 g/mol. The summed E-state index contributed by atoms with van der Waals surface area (Å²) < 4.78 is 27.2. The van der Waals surface area contributed by atoms with E-state index in [1.807, 2.05) is 19.1 Å². The van der Waals surface area contributed by atoms with Crippen LogP contribution in [0, 0.1) is 6.92 Å². The van der Waals surface area contributed by atoms with Gasteiger partial charge in [0.15, 0.2) is 0 Å². The summed E-state index contributed by atoms with van der Waals surface area (Å²) in [6.45, 7) is 2.90. The first-order valence-electron chi connectivity index (χ1n) is 7.09. The molecule has 0 spiro atoms. The average molecular weight is 342 g/mol. The molecule has 2 heterocycles. The van der Waals surface area contributed by atoms with E-state index in [9.17, 15) is 8.42 Å². The summed E-state index contributed by atoms with van der Waals surface area (Å²) in [7, 11) is -3.51. The monoisotopic (exact) mass is 341 g/mol. The number of aryl methyl sites for hydroxylation is 1. The van der Waals surface area contributed by atoms with Crippen LogP contribution in [0.3, 0.4) is 0 Å². The Kier molecular flexibility index (Phi) is 5.07. The van der Waals surface area contributed by atoms with Gasteiger partial charge in [-0.15, -0.1) is 12.4 Å². The Morgan fingerprint density at radius 3 is 2.64 bits per heavy atom. The van der Waals surface area contributed by atoms with Crippen molar-refractivity contribution in [2.75, 3.05) is 13.1 Å². The number of para-hydroxylation sites is 1. The Labute approximate surface area is 137 Å². The Hall–Kier alpha value is -1.21. The lowest BCUT2D eigenvalue weighted by Gasteiger charge is -2.29. The van der Waals surface area contributed by atoms with Gasteiger partial charge in [0.2, 0.25) is 10.0 Å². The fourth-order valence-corrected chi connectivity index (χ4v) is 4.34. The second-order valence-electron chi connectivity index (χ2n) is 5.58. The van der Waals surface area contributed by atoms with Crippen LogP contribution in [-0.4, -0.2) is 36.8 Å². The zero-order valence-electron chi connectivity index (χ0n) is 12.4. The predicted molar refractivity (Wildman–Crippen MR) is 89.7 cm³/mol. The summed E-state index contributed by atoms with van der Waals surface area (Å²) in [5.41, 5.74) is 7.41. The summed E-state index contributed by atoms with van der Waals surface area (Å²) in [6.07, 6.45) is 3.11. The molecule has 0 radical (unpaired) electrons. The Morgan fingerprint density at radius 2 is 1.95 bits per heavy atom. The van der Waals surface area contributed by atoms with Gasteiger partial charge in [0.25, 0.3) is 0 Å². The van der Waals surface area contributed by atoms with Crippen LogP contribution in [0.25, 0.3) is 10.9 Å². The first-order valence-corrected chi connectivity index (χ1v) is 8.53. The van der Waals surface area contributed by atoms with Crippen molar-refractivity contribution in [1.29, 1.82) is 0 Å². The summed E-state index contributed by atoms with van der Waals surface area (Å²) in [6, 6.07) is 7.35. The van der Waals surface area contributed by atoms with Crippen molar-refractivity contribution in [2.45, 2.75) is 30.7 Å². The molecule has 0 atom stereocenters. The lowest BCUT2D eigenvalue weighted by Crippen LogP contribution is -2.42. The molecule has 1 aromatic heterocycles. The highest BCUT2D eigenvalue weighted by atomic mass is 35.5. The van der Waals surface area contributed by atoms with Gasteiger partial charge in [0.05, 0.1) is 5.52 Å². The molecule has 0 amide bonds. The third-order valence-electron chi connectivity index (χ3n) is 3.93. The molecule has 1 aromatic carbocycles. The standard InChI is InChI=1S/C15H19N3O2S.ClH/c1-11-9-12-3-2-4-14(15(12)17-10-11)21(19,20)18-7-5-13(16)6-8-18;/h2-4,9-10,13H,5-8,16H2,1H3;1H. The highest BCUT2D eigenvalue weighted by Gasteiger charge is 2.29. The fourth-order valence-electron chi connectivity index (χ4n) is 2.71. The van der Waals surface area contributed by atoms with Crippen molar-refractivity contribution in [1.82, 2.24) is 9.29 Å². The number of piperidine rings is 1. The summed E-state index contributed by atoms with van der Waals surface area (Å²) in [5.74, 6) is 0. The van der Waals surface area contributed by atoms with E-state index in [1.165, 1.54) is 4.31 Å². The van der Waals surface area contributed by atoms with Crippen LogP contribution in [0.2, 0.25) is 0 Å². The molecule has 0 saturated carbocycles. The van der Waals surface area contributed by atoms with E-state index < -0.39 is 10.0 Å². The number of hydrogen-bond donors (Lipinski definition) is 1. The molecule has 0 aliphatic carbocycles. The SMILES string of the molecule is Cc1cnc2c(S(=O)(=O)N3CCC(N)CC3)cccc2c1.Cl. The Morgan fingerprint density at radius 1 is 1.27 bits per heavy atom.